The molecule has 0 aliphatic rings. The molecule has 1 heterocycles. The van der Waals surface area contributed by atoms with Gasteiger partial charge in [-0.25, -0.2) is 0 Å². The number of aromatic nitrogens is 3. The fourth-order valence-electron chi connectivity index (χ4n) is 0.465. The van der Waals surface area contributed by atoms with Crippen LogP contribution in [0.25, 0.3) is 0 Å². The molecule has 0 unspecified atom stereocenters. The number of aliphatic hydroxyl groups excluding tert-OH is 2. The molecule has 0 fully saturated rings. The second-order valence-corrected chi connectivity index (χ2v) is 1.59. The molecule has 1 atom stereocenters. The largest absolute Gasteiger partial charge is 0.393 e. The lowest BCUT2D eigenvalue weighted by Gasteiger charge is -1.98. The van der Waals surface area contributed by atoms with E-state index in [4.69, 9.17) is 10.2 Å². The molecule has 1 aromatic rings. The predicted octanol–water partition coefficient (Wildman–Crippen LogP) is -0.748. The van der Waals surface area contributed by atoms with Gasteiger partial charge in [-0.15, -0.1) is 12.4 Å². The minimum atomic E-state index is -0.913. The van der Waals surface area contributed by atoms with Gasteiger partial charge in [-0.2, -0.15) is 15.4 Å². The summed E-state index contributed by atoms with van der Waals surface area (Å²) in [5.41, 5.74) is 0.359. The molecule has 0 amide bonds. The van der Waals surface area contributed by atoms with E-state index in [1.54, 1.807) is 0 Å². The average Bonchev–Trinajstić information content (AvgIpc) is 2.37. The van der Waals surface area contributed by atoms with Gasteiger partial charge >= 0.3 is 0 Å². The zero-order valence-electron chi connectivity index (χ0n) is 5.06. The van der Waals surface area contributed by atoms with Gasteiger partial charge in [0.25, 0.3) is 0 Å². The smallest absolute Gasteiger partial charge is 0.122 e. The van der Waals surface area contributed by atoms with Crippen molar-refractivity contribution in [2.24, 2.45) is 0 Å². The highest BCUT2D eigenvalue weighted by Crippen LogP contribution is 2.03. The second-order valence-electron chi connectivity index (χ2n) is 1.59. The molecule has 0 aliphatic heterocycles. The molecule has 10 heavy (non-hydrogen) atoms. The number of hydrogen-bond donors (Lipinski definition) is 3. The van der Waals surface area contributed by atoms with E-state index in [2.05, 4.69) is 15.4 Å². The molecular weight excluding hydrogens is 158 g/mol. The third-order valence-electron chi connectivity index (χ3n) is 0.948. The Balaban J connectivity index is 0.000000810. The number of nitrogens with zero attached hydrogens (tertiary/aromatic N) is 2. The summed E-state index contributed by atoms with van der Waals surface area (Å²) in [6.07, 6.45) is 0.449. The molecule has 5 nitrogen and oxygen atoms in total. The molecule has 0 spiro atoms. The summed E-state index contributed by atoms with van der Waals surface area (Å²) in [4.78, 5) is 0. The monoisotopic (exact) mass is 165 g/mol. The lowest BCUT2D eigenvalue weighted by atomic mass is 10.3. The quantitative estimate of drug-likeness (QED) is 0.539. The van der Waals surface area contributed by atoms with Crippen molar-refractivity contribution in [2.75, 3.05) is 6.61 Å². The molecule has 0 radical (unpaired) electrons. The van der Waals surface area contributed by atoms with Crippen molar-refractivity contribution in [1.29, 1.82) is 0 Å². The van der Waals surface area contributed by atoms with Crippen molar-refractivity contribution in [3.63, 3.8) is 0 Å². The zero-order valence-corrected chi connectivity index (χ0v) is 5.88. The van der Waals surface area contributed by atoms with Gasteiger partial charge in [0.05, 0.1) is 12.8 Å². The van der Waals surface area contributed by atoms with Gasteiger partial charge in [-0.3, -0.25) is 0 Å². The van der Waals surface area contributed by atoms with Crippen molar-refractivity contribution >= 4 is 12.4 Å². The maximum atomic E-state index is 8.85. The van der Waals surface area contributed by atoms with Gasteiger partial charge in [0.15, 0.2) is 0 Å². The van der Waals surface area contributed by atoms with Crippen LogP contribution in [0.5, 0.6) is 0 Å². The predicted molar refractivity (Wildman–Crippen MR) is 35.7 cm³/mol. The molecule has 58 valence electrons. The molecular formula is C4H8ClN3O2. The first-order valence-electron chi connectivity index (χ1n) is 2.49. The Kier molecular flexibility index (Phi) is 3.94. The van der Waals surface area contributed by atoms with Crippen LogP contribution in [0.15, 0.2) is 6.20 Å². The average molecular weight is 166 g/mol. The highest BCUT2D eigenvalue weighted by Gasteiger charge is 2.06. The van der Waals surface area contributed by atoms with Gasteiger partial charge in [-0.1, -0.05) is 0 Å². The van der Waals surface area contributed by atoms with Crippen LogP contribution in [0, 0.1) is 0 Å². The van der Waals surface area contributed by atoms with Gasteiger partial charge in [0.1, 0.15) is 11.8 Å². The van der Waals surface area contributed by atoms with Crippen LogP contribution in [0.3, 0.4) is 0 Å². The van der Waals surface area contributed by atoms with E-state index >= 15 is 0 Å². The first-order valence-corrected chi connectivity index (χ1v) is 2.49. The number of H-pyrrole nitrogens is 1. The summed E-state index contributed by atoms with van der Waals surface area (Å²) in [7, 11) is 0. The van der Waals surface area contributed by atoms with Crippen LogP contribution in [0.1, 0.15) is 11.8 Å². The number of aromatic amines is 1. The minimum Gasteiger partial charge on any atom is -0.393 e. The molecule has 1 rings (SSSR count). The molecule has 0 saturated heterocycles. The molecule has 3 N–H and O–H groups in total. The second kappa shape index (κ2) is 4.21. The van der Waals surface area contributed by atoms with Crippen molar-refractivity contribution < 1.29 is 10.2 Å². The van der Waals surface area contributed by atoms with Crippen molar-refractivity contribution in [3.8, 4) is 0 Å². The fraction of sp³-hybridized carbons (Fsp3) is 0.500. The Bertz CT molecular complexity index is 167. The van der Waals surface area contributed by atoms with Crippen LogP contribution in [0.4, 0.5) is 0 Å². The Morgan fingerprint density at radius 3 is 2.80 bits per heavy atom. The Labute approximate surface area is 63.5 Å². The molecule has 0 aliphatic carbocycles. The normalized spacial score (nSPS) is 12.2. The van der Waals surface area contributed by atoms with E-state index in [1.807, 2.05) is 0 Å². The van der Waals surface area contributed by atoms with Crippen LogP contribution >= 0.6 is 12.4 Å². The molecule has 0 saturated carbocycles. The number of halogens is 1. The Morgan fingerprint density at radius 2 is 2.40 bits per heavy atom. The maximum absolute atomic E-state index is 8.85. The first kappa shape index (κ1) is 9.35. The highest BCUT2D eigenvalue weighted by atomic mass is 35.5. The maximum Gasteiger partial charge on any atom is 0.122 e. The van der Waals surface area contributed by atoms with E-state index in [0.29, 0.717) is 5.69 Å². The highest BCUT2D eigenvalue weighted by molar-refractivity contribution is 5.85. The molecule has 0 bridgehead atoms. The third-order valence-corrected chi connectivity index (χ3v) is 0.948. The van der Waals surface area contributed by atoms with E-state index in [0.717, 1.165) is 0 Å². The van der Waals surface area contributed by atoms with E-state index < -0.39 is 6.10 Å². The van der Waals surface area contributed by atoms with Gasteiger partial charge in [0.2, 0.25) is 0 Å². The molecule has 0 aromatic carbocycles. The Hall–Kier alpha value is -0.650. The molecule has 6 heteroatoms. The summed E-state index contributed by atoms with van der Waals surface area (Å²) in [6, 6.07) is 0. The summed E-state index contributed by atoms with van der Waals surface area (Å²) in [5, 5.41) is 26.5. The van der Waals surface area contributed by atoms with Gasteiger partial charge in [0, 0.05) is 0 Å². The van der Waals surface area contributed by atoms with Crippen molar-refractivity contribution in [3.05, 3.63) is 11.9 Å². The van der Waals surface area contributed by atoms with E-state index in [9.17, 15) is 0 Å². The van der Waals surface area contributed by atoms with Crippen LogP contribution in [-0.2, 0) is 0 Å². The van der Waals surface area contributed by atoms with E-state index in [-0.39, 0.29) is 19.0 Å². The molecule has 1 aromatic heterocycles. The van der Waals surface area contributed by atoms with E-state index in [1.165, 1.54) is 6.20 Å². The number of hydrogen-bond acceptors (Lipinski definition) is 4. The van der Waals surface area contributed by atoms with Crippen LogP contribution in [-0.4, -0.2) is 32.2 Å². The summed E-state index contributed by atoms with van der Waals surface area (Å²) >= 11 is 0. The van der Waals surface area contributed by atoms with Crippen LogP contribution in [0.2, 0.25) is 0 Å². The SMILES string of the molecule is Cl.OC[C@@H](O)c1cn[nH]n1. The first-order chi connectivity index (χ1) is 4.34. The third kappa shape index (κ3) is 1.94. The minimum absolute atomic E-state index is 0. The fourth-order valence-corrected chi connectivity index (χ4v) is 0.465. The zero-order chi connectivity index (χ0) is 6.69. The summed E-state index contributed by atoms with van der Waals surface area (Å²) in [6.45, 7) is -0.327. The van der Waals surface area contributed by atoms with Crippen LogP contribution < -0.4 is 0 Å². The lowest BCUT2D eigenvalue weighted by Crippen LogP contribution is -2.02. The lowest BCUT2D eigenvalue weighted by molar-refractivity contribution is 0.0922. The van der Waals surface area contributed by atoms with Crippen molar-refractivity contribution in [2.45, 2.75) is 6.10 Å². The van der Waals surface area contributed by atoms with Gasteiger partial charge < -0.3 is 10.2 Å². The topological polar surface area (TPSA) is 82.0 Å². The number of aliphatic hydroxyl groups is 2. The number of nitrogens with one attached hydrogen (secondary N) is 1. The summed E-state index contributed by atoms with van der Waals surface area (Å²) < 4.78 is 0. The standard InChI is InChI=1S/C4H7N3O2.ClH/c8-2-4(9)3-1-5-7-6-3;/h1,4,8-9H,2H2,(H,5,6,7);1H/t4-;/m1./s1. The number of rotatable bonds is 2. The van der Waals surface area contributed by atoms with Gasteiger partial charge in [-0.05, 0) is 0 Å². The Morgan fingerprint density at radius 1 is 1.70 bits per heavy atom. The summed E-state index contributed by atoms with van der Waals surface area (Å²) in [5.74, 6) is 0. The van der Waals surface area contributed by atoms with Crippen molar-refractivity contribution in [1.82, 2.24) is 15.4 Å².